The van der Waals surface area contributed by atoms with Gasteiger partial charge in [-0.1, -0.05) is 0 Å². The minimum atomic E-state index is -1.09. The number of hydrogen-bond acceptors (Lipinski definition) is 7. The first kappa shape index (κ1) is 20.2. The number of methoxy groups -OCH3 is 1. The number of carbonyl (C=O) groups excluding carboxylic acids is 3. The van der Waals surface area contributed by atoms with E-state index in [0.717, 1.165) is 0 Å². The summed E-state index contributed by atoms with van der Waals surface area (Å²) >= 11 is 0. The first-order valence-corrected chi connectivity index (χ1v) is 6.92. The smallest absolute Gasteiger partial charge is 0.408 e. The molecule has 0 rings (SSSR count). The maximum atomic E-state index is 11.9. The Kier molecular flexibility index (Phi) is 8.47. The van der Waals surface area contributed by atoms with Crippen molar-refractivity contribution in [1.29, 1.82) is 0 Å². The Morgan fingerprint density at radius 3 is 2.23 bits per heavy atom. The Balaban J connectivity index is 5.00. The highest BCUT2D eigenvalue weighted by Crippen LogP contribution is 2.14. The molecule has 0 heterocycles. The Hall–Kier alpha value is -1.83. The third kappa shape index (κ3) is 8.46. The number of aliphatic hydroxyl groups excluding tert-OH is 1. The van der Waals surface area contributed by atoms with Gasteiger partial charge in [-0.25, -0.2) is 9.59 Å². The predicted molar refractivity (Wildman–Crippen MR) is 77.0 cm³/mol. The van der Waals surface area contributed by atoms with Crippen LogP contribution in [0.2, 0.25) is 0 Å². The van der Waals surface area contributed by atoms with E-state index in [1.807, 2.05) is 0 Å². The van der Waals surface area contributed by atoms with Gasteiger partial charge in [-0.3, -0.25) is 4.79 Å². The molecule has 0 aromatic heterocycles. The fraction of sp³-hybridized carbons (Fsp3) is 0.786. The molecule has 1 amide bonds. The molecule has 0 radical (unpaired) electrons. The highest BCUT2D eigenvalue weighted by atomic mass is 16.6. The van der Waals surface area contributed by atoms with Gasteiger partial charge >= 0.3 is 18.0 Å². The van der Waals surface area contributed by atoms with Crippen molar-refractivity contribution in [1.82, 2.24) is 5.32 Å². The van der Waals surface area contributed by atoms with E-state index in [1.165, 1.54) is 14.0 Å². The van der Waals surface area contributed by atoms with Gasteiger partial charge < -0.3 is 24.6 Å². The third-order valence-electron chi connectivity index (χ3n) is 2.60. The minimum Gasteiger partial charge on any atom is -0.467 e. The lowest BCUT2D eigenvalue weighted by atomic mass is 9.97. The second-order valence-corrected chi connectivity index (χ2v) is 5.72. The van der Waals surface area contributed by atoms with Gasteiger partial charge in [0.1, 0.15) is 11.6 Å². The summed E-state index contributed by atoms with van der Waals surface area (Å²) in [4.78, 5) is 34.6. The molecule has 0 aliphatic heterocycles. The van der Waals surface area contributed by atoms with Crippen LogP contribution in [-0.4, -0.2) is 55.1 Å². The summed E-state index contributed by atoms with van der Waals surface area (Å²) < 4.78 is 14.6. The van der Waals surface area contributed by atoms with E-state index in [0.29, 0.717) is 0 Å². The zero-order valence-corrected chi connectivity index (χ0v) is 13.7. The number of esters is 2. The lowest BCUT2D eigenvalue weighted by molar-refractivity contribution is -0.149. The van der Waals surface area contributed by atoms with Crippen LogP contribution in [0.15, 0.2) is 0 Å². The van der Waals surface area contributed by atoms with Gasteiger partial charge in [-0.15, -0.1) is 0 Å². The van der Waals surface area contributed by atoms with Gasteiger partial charge in [0.2, 0.25) is 0 Å². The molecular formula is C14H25NO7. The molecule has 128 valence electrons. The maximum Gasteiger partial charge on any atom is 0.408 e. The van der Waals surface area contributed by atoms with Crippen molar-refractivity contribution < 1.29 is 33.7 Å². The lowest BCUT2D eigenvalue weighted by Gasteiger charge is -2.27. The lowest BCUT2D eigenvalue weighted by Crippen LogP contribution is -2.49. The average Bonchev–Trinajstić information content (AvgIpc) is 2.38. The molecule has 22 heavy (non-hydrogen) atoms. The van der Waals surface area contributed by atoms with E-state index in [4.69, 9.17) is 14.6 Å². The van der Waals surface area contributed by atoms with E-state index in [2.05, 4.69) is 10.1 Å². The summed E-state index contributed by atoms with van der Waals surface area (Å²) in [5.74, 6) is -1.87. The first-order valence-electron chi connectivity index (χ1n) is 6.92. The number of rotatable bonds is 7. The maximum absolute atomic E-state index is 11.9. The molecule has 0 bridgehead atoms. The van der Waals surface area contributed by atoms with E-state index >= 15 is 0 Å². The molecule has 0 saturated heterocycles. The van der Waals surface area contributed by atoms with E-state index < -0.39 is 35.6 Å². The second kappa shape index (κ2) is 9.24. The number of carbonyl (C=O) groups is 3. The number of nitrogens with one attached hydrogen (secondary N) is 1. The predicted octanol–water partition coefficient (Wildman–Crippen LogP) is 0.614. The second-order valence-electron chi connectivity index (χ2n) is 5.72. The normalized spacial score (nSPS) is 13.7. The Bertz CT molecular complexity index is 389. The van der Waals surface area contributed by atoms with Gasteiger partial charge in [0, 0.05) is 19.4 Å². The number of amides is 1. The molecule has 0 spiro atoms. The molecular weight excluding hydrogens is 294 g/mol. The Morgan fingerprint density at radius 1 is 1.23 bits per heavy atom. The SMILES string of the molecule is COC(=O)[C@@H](NC(=O)OC(C)(C)C)[C@@H](CCO)COC(C)=O. The summed E-state index contributed by atoms with van der Waals surface area (Å²) in [7, 11) is 1.17. The summed E-state index contributed by atoms with van der Waals surface area (Å²) in [5.41, 5.74) is -0.729. The minimum absolute atomic E-state index is 0.133. The van der Waals surface area contributed by atoms with Crippen molar-refractivity contribution in [2.75, 3.05) is 20.3 Å². The quantitative estimate of drug-likeness (QED) is 0.522. The fourth-order valence-electron chi connectivity index (χ4n) is 1.67. The van der Waals surface area contributed by atoms with E-state index in [9.17, 15) is 14.4 Å². The van der Waals surface area contributed by atoms with Crippen LogP contribution in [0.4, 0.5) is 4.79 Å². The monoisotopic (exact) mass is 319 g/mol. The Morgan fingerprint density at radius 2 is 1.82 bits per heavy atom. The molecule has 0 aliphatic carbocycles. The standard InChI is InChI=1S/C14H25NO7/c1-9(17)21-8-10(6-7-16)11(12(18)20-5)15-13(19)22-14(2,3)4/h10-11,16H,6-8H2,1-5H3,(H,15,19)/t10-,11-/m0/s1. The zero-order chi connectivity index (χ0) is 17.3. The van der Waals surface area contributed by atoms with Gasteiger partial charge in [-0.2, -0.15) is 0 Å². The van der Waals surface area contributed by atoms with Crippen LogP contribution in [0, 0.1) is 5.92 Å². The van der Waals surface area contributed by atoms with Gasteiger partial charge in [0.25, 0.3) is 0 Å². The molecule has 2 atom stereocenters. The van der Waals surface area contributed by atoms with Crippen molar-refractivity contribution in [2.24, 2.45) is 5.92 Å². The molecule has 0 aromatic rings. The van der Waals surface area contributed by atoms with Crippen LogP contribution in [0.25, 0.3) is 0 Å². The number of hydrogen-bond donors (Lipinski definition) is 2. The molecule has 2 N–H and O–H groups in total. The van der Waals surface area contributed by atoms with Crippen LogP contribution in [0.3, 0.4) is 0 Å². The van der Waals surface area contributed by atoms with Crippen molar-refractivity contribution in [3.63, 3.8) is 0 Å². The topological polar surface area (TPSA) is 111 Å². The van der Waals surface area contributed by atoms with Crippen molar-refractivity contribution >= 4 is 18.0 Å². The molecule has 0 saturated carbocycles. The average molecular weight is 319 g/mol. The number of alkyl carbamates (subject to hydrolysis) is 1. The van der Waals surface area contributed by atoms with Gasteiger partial charge in [-0.05, 0) is 27.2 Å². The van der Waals surface area contributed by atoms with Crippen molar-refractivity contribution in [3.8, 4) is 0 Å². The summed E-state index contributed by atoms with van der Waals surface area (Å²) in [5, 5.41) is 11.5. The molecule has 0 aromatic carbocycles. The van der Waals surface area contributed by atoms with Crippen molar-refractivity contribution in [3.05, 3.63) is 0 Å². The van der Waals surface area contributed by atoms with Crippen LogP contribution in [0.5, 0.6) is 0 Å². The highest BCUT2D eigenvalue weighted by molar-refractivity contribution is 5.81. The van der Waals surface area contributed by atoms with Crippen LogP contribution >= 0.6 is 0 Å². The van der Waals surface area contributed by atoms with Gasteiger partial charge in [0.15, 0.2) is 0 Å². The summed E-state index contributed by atoms with van der Waals surface area (Å²) in [6, 6.07) is -1.09. The molecule has 8 nitrogen and oxygen atoms in total. The first-order chi connectivity index (χ1) is 10.1. The molecule has 0 unspecified atom stereocenters. The summed E-state index contributed by atoms with van der Waals surface area (Å²) in [6.07, 6.45) is -0.656. The zero-order valence-electron chi connectivity index (χ0n) is 13.7. The molecule has 8 heteroatoms. The number of aliphatic hydroxyl groups is 1. The Labute approximate surface area is 130 Å². The summed E-state index contributed by atoms with van der Waals surface area (Å²) in [6.45, 7) is 5.91. The van der Waals surface area contributed by atoms with Gasteiger partial charge in [0.05, 0.1) is 13.7 Å². The molecule has 0 fully saturated rings. The van der Waals surface area contributed by atoms with Crippen molar-refractivity contribution in [2.45, 2.75) is 45.8 Å². The van der Waals surface area contributed by atoms with Crippen LogP contribution in [-0.2, 0) is 23.8 Å². The van der Waals surface area contributed by atoms with E-state index in [-0.39, 0.29) is 19.6 Å². The highest BCUT2D eigenvalue weighted by Gasteiger charge is 2.32. The molecule has 0 aliphatic rings. The fourth-order valence-corrected chi connectivity index (χ4v) is 1.67. The third-order valence-corrected chi connectivity index (χ3v) is 2.60. The number of ether oxygens (including phenoxy) is 3. The van der Waals surface area contributed by atoms with Crippen LogP contribution < -0.4 is 5.32 Å². The van der Waals surface area contributed by atoms with E-state index in [1.54, 1.807) is 20.8 Å². The van der Waals surface area contributed by atoms with Crippen LogP contribution in [0.1, 0.15) is 34.1 Å². The largest absolute Gasteiger partial charge is 0.467 e.